The molecular weight excluding hydrogens is 420 g/mol. The summed E-state index contributed by atoms with van der Waals surface area (Å²) in [5.74, 6) is -2.92. The number of esters is 1. The normalized spacial score (nSPS) is 17.6. The van der Waals surface area contributed by atoms with Crippen LogP contribution in [-0.4, -0.2) is 48.0 Å². The van der Waals surface area contributed by atoms with Crippen molar-refractivity contribution >= 4 is 11.9 Å². The van der Waals surface area contributed by atoms with Crippen molar-refractivity contribution in [3.8, 4) is 5.69 Å². The number of aromatic nitrogens is 2. The molecule has 0 saturated carbocycles. The van der Waals surface area contributed by atoms with Gasteiger partial charge >= 0.3 is 5.97 Å². The van der Waals surface area contributed by atoms with E-state index in [1.165, 1.54) is 4.68 Å². The van der Waals surface area contributed by atoms with Crippen LogP contribution in [-0.2, 0) is 22.3 Å². The maximum Gasteiger partial charge on any atom is 0.341 e. The minimum Gasteiger partial charge on any atom is -0.462 e. The molecule has 1 aromatic carbocycles. The largest absolute Gasteiger partial charge is 0.462 e. The molecule has 0 radical (unpaired) electrons. The topological polar surface area (TPSA) is 82.5 Å². The average molecular weight is 447 g/mol. The molecule has 2 aromatic rings. The third-order valence-electron chi connectivity index (χ3n) is 6.24. The van der Waals surface area contributed by atoms with Crippen LogP contribution in [0, 0.1) is 17.0 Å². The SMILES string of the molecule is CCCOC(=O)c1cc(F)cc(-n2nc(CC)c3c2CC2(CCOCC2)CNC3=O)c1F. The maximum atomic E-state index is 15.5. The Kier molecular flexibility index (Phi) is 6.28. The van der Waals surface area contributed by atoms with Gasteiger partial charge in [-0.05, 0) is 43.6 Å². The molecule has 7 nitrogen and oxygen atoms in total. The number of benzene rings is 1. The minimum absolute atomic E-state index is 0.103. The zero-order chi connectivity index (χ0) is 22.9. The molecule has 1 saturated heterocycles. The van der Waals surface area contributed by atoms with Crippen molar-refractivity contribution in [2.24, 2.45) is 5.41 Å². The molecule has 1 N–H and O–H groups in total. The maximum absolute atomic E-state index is 15.5. The average Bonchev–Trinajstić information content (AvgIpc) is 3.09. The summed E-state index contributed by atoms with van der Waals surface area (Å²) in [5, 5.41) is 7.47. The molecule has 1 amide bonds. The molecule has 172 valence electrons. The van der Waals surface area contributed by atoms with E-state index >= 15 is 4.39 Å². The van der Waals surface area contributed by atoms with Crippen LogP contribution in [0.4, 0.5) is 8.78 Å². The molecule has 0 unspecified atom stereocenters. The van der Waals surface area contributed by atoms with Crippen LogP contribution in [0.5, 0.6) is 0 Å². The standard InChI is InChI=1S/C23H27F2N3O4/c1-3-7-32-22(30)15-10-14(24)11-17(20(15)25)28-18-12-23(5-8-31-9-6-23)13-26-21(29)19(18)16(4-2)27-28/h10-11H,3-9,12-13H2,1-2H3,(H,26,29). The number of aryl methyl sites for hydroxylation is 1. The lowest BCUT2D eigenvalue weighted by Crippen LogP contribution is -2.40. The third-order valence-corrected chi connectivity index (χ3v) is 6.24. The van der Waals surface area contributed by atoms with Crippen molar-refractivity contribution in [2.75, 3.05) is 26.4 Å². The van der Waals surface area contributed by atoms with Gasteiger partial charge < -0.3 is 14.8 Å². The first kappa shape index (κ1) is 22.4. The fraction of sp³-hybridized carbons (Fsp3) is 0.522. The summed E-state index contributed by atoms with van der Waals surface area (Å²) in [6, 6.07) is 1.82. The smallest absolute Gasteiger partial charge is 0.341 e. The Hall–Kier alpha value is -2.81. The quantitative estimate of drug-likeness (QED) is 0.711. The van der Waals surface area contributed by atoms with Gasteiger partial charge in [0.1, 0.15) is 17.1 Å². The molecule has 0 atom stereocenters. The van der Waals surface area contributed by atoms with E-state index in [-0.39, 0.29) is 23.6 Å². The molecule has 3 heterocycles. The second-order valence-electron chi connectivity index (χ2n) is 8.43. The molecule has 0 bridgehead atoms. The van der Waals surface area contributed by atoms with Crippen LogP contribution >= 0.6 is 0 Å². The predicted molar refractivity (Wildman–Crippen MR) is 112 cm³/mol. The Balaban J connectivity index is 1.86. The number of amides is 1. The molecule has 2 aliphatic heterocycles. The van der Waals surface area contributed by atoms with Crippen LogP contribution in [0.3, 0.4) is 0 Å². The van der Waals surface area contributed by atoms with Gasteiger partial charge in [-0.2, -0.15) is 5.10 Å². The molecular formula is C23H27F2N3O4. The number of fused-ring (bicyclic) bond motifs is 1. The first-order chi connectivity index (χ1) is 15.4. The van der Waals surface area contributed by atoms with E-state index in [9.17, 15) is 14.0 Å². The van der Waals surface area contributed by atoms with E-state index in [1.54, 1.807) is 0 Å². The zero-order valence-corrected chi connectivity index (χ0v) is 18.3. The summed E-state index contributed by atoms with van der Waals surface area (Å²) < 4.78 is 41.8. The van der Waals surface area contributed by atoms with E-state index in [2.05, 4.69) is 10.4 Å². The van der Waals surface area contributed by atoms with Gasteiger partial charge in [-0.3, -0.25) is 4.79 Å². The minimum atomic E-state index is -0.933. The fourth-order valence-electron chi connectivity index (χ4n) is 4.46. The summed E-state index contributed by atoms with van der Waals surface area (Å²) in [6.07, 6.45) is 2.94. The Morgan fingerprint density at radius 3 is 2.72 bits per heavy atom. The Bertz CT molecular complexity index is 1040. The van der Waals surface area contributed by atoms with Gasteiger partial charge in [0.25, 0.3) is 5.91 Å². The number of hydrogen-bond acceptors (Lipinski definition) is 5. The first-order valence-electron chi connectivity index (χ1n) is 11.0. The van der Waals surface area contributed by atoms with Gasteiger partial charge in [0.15, 0.2) is 5.82 Å². The lowest BCUT2D eigenvalue weighted by Gasteiger charge is -2.36. The highest BCUT2D eigenvalue weighted by atomic mass is 19.1. The summed E-state index contributed by atoms with van der Waals surface area (Å²) in [7, 11) is 0. The molecule has 1 fully saturated rings. The van der Waals surface area contributed by atoms with Crippen molar-refractivity contribution in [2.45, 2.75) is 46.0 Å². The second kappa shape index (κ2) is 8.97. The van der Waals surface area contributed by atoms with Gasteiger partial charge in [-0.25, -0.2) is 18.3 Å². The summed E-state index contributed by atoms with van der Waals surface area (Å²) >= 11 is 0. The fourth-order valence-corrected chi connectivity index (χ4v) is 4.46. The predicted octanol–water partition coefficient (Wildman–Crippen LogP) is 3.36. The Morgan fingerprint density at radius 1 is 1.28 bits per heavy atom. The van der Waals surface area contributed by atoms with Gasteiger partial charge in [-0.15, -0.1) is 0 Å². The number of nitrogens with zero attached hydrogens (tertiary/aromatic N) is 2. The number of carbonyl (C=O) groups excluding carboxylic acids is 2. The zero-order valence-electron chi connectivity index (χ0n) is 18.3. The number of carbonyl (C=O) groups is 2. The van der Waals surface area contributed by atoms with E-state index in [1.807, 2.05) is 13.8 Å². The van der Waals surface area contributed by atoms with Crippen molar-refractivity contribution < 1.29 is 27.8 Å². The number of ether oxygens (including phenoxy) is 2. The van der Waals surface area contributed by atoms with Crippen molar-refractivity contribution in [3.63, 3.8) is 0 Å². The molecule has 4 rings (SSSR count). The van der Waals surface area contributed by atoms with Gasteiger partial charge in [0.05, 0.1) is 23.6 Å². The molecule has 32 heavy (non-hydrogen) atoms. The molecule has 1 aromatic heterocycles. The van der Waals surface area contributed by atoms with Crippen molar-refractivity contribution in [1.29, 1.82) is 0 Å². The van der Waals surface area contributed by atoms with E-state index in [4.69, 9.17) is 9.47 Å². The Labute approximate surface area is 185 Å². The van der Waals surface area contributed by atoms with Crippen LogP contribution in [0.25, 0.3) is 5.69 Å². The lowest BCUT2D eigenvalue weighted by molar-refractivity contribution is 0.0154. The van der Waals surface area contributed by atoms with E-state index in [0.717, 1.165) is 25.0 Å². The van der Waals surface area contributed by atoms with E-state index < -0.39 is 23.2 Å². The highest BCUT2D eigenvalue weighted by molar-refractivity contribution is 5.97. The second-order valence-corrected chi connectivity index (χ2v) is 8.43. The highest BCUT2D eigenvalue weighted by Gasteiger charge is 2.40. The van der Waals surface area contributed by atoms with Crippen molar-refractivity contribution in [1.82, 2.24) is 15.1 Å². The molecule has 0 aliphatic carbocycles. The van der Waals surface area contributed by atoms with Crippen LogP contribution < -0.4 is 5.32 Å². The number of halogens is 2. The molecule has 9 heteroatoms. The van der Waals surface area contributed by atoms with Crippen LogP contribution in [0.1, 0.15) is 65.2 Å². The van der Waals surface area contributed by atoms with Gasteiger partial charge in [-0.1, -0.05) is 13.8 Å². The lowest BCUT2D eigenvalue weighted by atomic mass is 9.76. The van der Waals surface area contributed by atoms with Crippen molar-refractivity contribution in [3.05, 3.63) is 46.3 Å². The van der Waals surface area contributed by atoms with Gasteiger partial charge in [0.2, 0.25) is 0 Å². The number of rotatable bonds is 5. The molecule has 1 spiro atoms. The summed E-state index contributed by atoms with van der Waals surface area (Å²) in [4.78, 5) is 25.3. The molecule has 2 aliphatic rings. The number of nitrogens with one attached hydrogen (secondary N) is 1. The Morgan fingerprint density at radius 2 is 2.03 bits per heavy atom. The summed E-state index contributed by atoms with van der Waals surface area (Å²) in [5.41, 5.74) is 0.469. The van der Waals surface area contributed by atoms with Crippen LogP contribution in [0.2, 0.25) is 0 Å². The van der Waals surface area contributed by atoms with Gasteiger partial charge in [0, 0.05) is 25.8 Å². The third kappa shape index (κ3) is 4.01. The van der Waals surface area contributed by atoms with E-state index in [0.29, 0.717) is 56.0 Å². The highest BCUT2D eigenvalue weighted by Crippen LogP contribution is 2.38. The first-order valence-corrected chi connectivity index (χ1v) is 11.0. The monoisotopic (exact) mass is 447 g/mol. The summed E-state index contributed by atoms with van der Waals surface area (Å²) in [6.45, 7) is 5.39. The van der Waals surface area contributed by atoms with Crippen LogP contribution in [0.15, 0.2) is 12.1 Å². The number of hydrogen-bond donors (Lipinski definition) is 1.